The van der Waals surface area contributed by atoms with Crippen LogP contribution in [0.5, 0.6) is 0 Å². The van der Waals surface area contributed by atoms with Gasteiger partial charge in [-0.05, 0) is 25.2 Å². The number of carbonyl (C=O) groups excluding carboxylic acids is 1. The van der Waals surface area contributed by atoms with Gasteiger partial charge in [-0.25, -0.2) is 4.98 Å². The zero-order valence-electron chi connectivity index (χ0n) is 12.6. The molecule has 0 spiro atoms. The van der Waals surface area contributed by atoms with E-state index >= 15 is 0 Å². The molecule has 2 rings (SSSR count). The fraction of sp³-hybridized carbons (Fsp3) is 0.667. The molecule has 0 radical (unpaired) electrons. The predicted molar refractivity (Wildman–Crippen MR) is 79.7 cm³/mol. The van der Waals surface area contributed by atoms with E-state index < -0.39 is 0 Å². The second-order valence-corrected chi connectivity index (χ2v) is 6.08. The minimum absolute atomic E-state index is 0.128. The summed E-state index contributed by atoms with van der Waals surface area (Å²) in [6, 6.07) is 0.216. The van der Waals surface area contributed by atoms with E-state index in [0.29, 0.717) is 11.5 Å². The van der Waals surface area contributed by atoms with E-state index in [-0.39, 0.29) is 17.4 Å². The smallest absolute Gasteiger partial charge is 0.271 e. The van der Waals surface area contributed by atoms with E-state index in [0.717, 1.165) is 19.4 Å². The van der Waals surface area contributed by atoms with Crippen LogP contribution in [-0.2, 0) is 0 Å². The molecule has 1 heterocycles. The third-order valence-corrected chi connectivity index (χ3v) is 4.04. The molecule has 1 aromatic rings. The van der Waals surface area contributed by atoms with Crippen LogP contribution in [0.1, 0.15) is 56.9 Å². The van der Waals surface area contributed by atoms with Crippen LogP contribution >= 0.6 is 0 Å². The van der Waals surface area contributed by atoms with Crippen molar-refractivity contribution in [2.24, 2.45) is 5.41 Å². The van der Waals surface area contributed by atoms with Crippen molar-refractivity contribution in [1.29, 1.82) is 0 Å². The number of hydrogen-bond donors (Lipinski definition) is 2. The van der Waals surface area contributed by atoms with Crippen LogP contribution in [0.4, 0.5) is 5.82 Å². The van der Waals surface area contributed by atoms with Crippen molar-refractivity contribution >= 4 is 11.7 Å². The molecule has 1 unspecified atom stereocenters. The maximum Gasteiger partial charge on any atom is 0.271 e. The first-order chi connectivity index (χ1) is 9.53. The third kappa shape index (κ3) is 3.46. The molecule has 0 saturated heterocycles. The first-order valence-corrected chi connectivity index (χ1v) is 7.39. The molecule has 5 heteroatoms. The Balaban J connectivity index is 2.05. The van der Waals surface area contributed by atoms with Crippen LogP contribution in [0.3, 0.4) is 0 Å². The Morgan fingerprint density at radius 3 is 2.90 bits per heavy atom. The van der Waals surface area contributed by atoms with Crippen molar-refractivity contribution in [2.75, 3.05) is 11.9 Å². The highest BCUT2D eigenvalue weighted by atomic mass is 16.2. The summed E-state index contributed by atoms with van der Waals surface area (Å²) in [7, 11) is 0. The van der Waals surface area contributed by atoms with Gasteiger partial charge < -0.3 is 10.6 Å². The lowest BCUT2D eigenvalue weighted by Crippen LogP contribution is -2.47. The highest BCUT2D eigenvalue weighted by molar-refractivity contribution is 5.92. The molecule has 1 fully saturated rings. The van der Waals surface area contributed by atoms with E-state index in [4.69, 9.17) is 0 Å². The average Bonchev–Trinajstić information content (AvgIpc) is 2.42. The Morgan fingerprint density at radius 2 is 2.20 bits per heavy atom. The van der Waals surface area contributed by atoms with Crippen molar-refractivity contribution in [3.05, 3.63) is 18.1 Å². The Labute approximate surface area is 120 Å². The summed E-state index contributed by atoms with van der Waals surface area (Å²) in [5.41, 5.74) is 0.533. The highest BCUT2D eigenvalue weighted by Gasteiger charge is 2.33. The van der Waals surface area contributed by atoms with E-state index in [2.05, 4.69) is 34.4 Å². The van der Waals surface area contributed by atoms with E-state index in [1.165, 1.54) is 19.0 Å². The molecule has 1 atom stereocenters. The molecule has 20 heavy (non-hydrogen) atoms. The lowest BCUT2D eigenvalue weighted by Gasteiger charge is -2.38. The summed E-state index contributed by atoms with van der Waals surface area (Å²) < 4.78 is 0. The van der Waals surface area contributed by atoms with Gasteiger partial charge in [0.05, 0.1) is 12.4 Å². The number of amides is 1. The van der Waals surface area contributed by atoms with Crippen molar-refractivity contribution in [3.63, 3.8) is 0 Å². The summed E-state index contributed by atoms with van der Waals surface area (Å²) in [6.07, 6.45) is 7.77. The first kappa shape index (κ1) is 14.8. The van der Waals surface area contributed by atoms with E-state index in [9.17, 15) is 4.79 Å². The molecule has 110 valence electrons. The van der Waals surface area contributed by atoms with Gasteiger partial charge in [-0.15, -0.1) is 0 Å². The van der Waals surface area contributed by atoms with Gasteiger partial charge in [-0.1, -0.05) is 26.7 Å². The molecule has 1 amide bonds. The minimum atomic E-state index is -0.128. The number of aromatic nitrogens is 2. The van der Waals surface area contributed by atoms with Gasteiger partial charge in [0.1, 0.15) is 11.5 Å². The number of anilines is 1. The molecule has 2 N–H and O–H groups in total. The predicted octanol–water partition coefficient (Wildman–Crippen LogP) is 2.61. The number of nitrogens with one attached hydrogen (secondary N) is 2. The van der Waals surface area contributed by atoms with Crippen LogP contribution in [-0.4, -0.2) is 28.5 Å². The topological polar surface area (TPSA) is 66.9 Å². The van der Waals surface area contributed by atoms with Gasteiger partial charge in [-0.3, -0.25) is 9.78 Å². The van der Waals surface area contributed by atoms with E-state index in [1.54, 1.807) is 6.20 Å². The van der Waals surface area contributed by atoms with Crippen molar-refractivity contribution in [2.45, 2.75) is 52.5 Å². The fourth-order valence-electron chi connectivity index (χ4n) is 2.74. The van der Waals surface area contributed by atoms with E-state index in [1.807, 2.05) is 6.92 Å². The summed E-state index contributed by atoms with van der Waals surface area (Å²) in [4.78, 5) is 20.7. The van der Waals surface area contributed by atoms with Crippen LogP contribution in [0.25, 0.3) is 0 Å². The molecule has 1 aliphatic rings. The maximum absolute atomic E-state index is 12.3. The SMILES string of the molecule is CCNc1cncc(C(=O)NC2CCCCC2(C)C)n1. The summed E-state index contributed by atoms with van der Waals surface area (Å²) in [5, 5.41) is 6.19. The molecule has 1 saturated carbocycles. The van der Waals surface area contributed by atoms with Gasteiger partial charge in [0.2, 0.25) is 0 Å². The number of rotatable bonds is 4. The normalized spacial score (nSPS) is 21.2. The van der Waals surface area contributed by atoms with Gasteiger partial charge in [0, 0.05) is 12.6 Å². The maximum atomic E-state index is 12.3. The van der Waals surface area contributed by atoms with Crippen molar-refractivity contribution in [3.8, 4) is 0 Å². The summed E-state index contributed by atoms with van der Waals surface area (Å²) in [5.74, 6) is 0.514. The zero-order valence-corrected chi connectivity index (χ0v) is 12.6. The van der Waals surface area contributed by atoms with Crippen LogP contribution < -0.4 is 10.6 Å². The second-order valence-electron chi connectivity index (χ2n) is 6.08. The quantitative estimate of drug-likeness (QED) is 0.887. The van der Waals surface area contributed by atoms with Crippen LogP contribution in [0, 0.1) is 5.41 Å². The Hall–Kier alpha value is -1.65. The standard InChI is InChI=1S/C15H24N4O/c1-4-17-13-10-16-9-11(18-13)14(20)19-12-7-5-6-8-15(12,2)3/h9-10,12H,4-8H2,1-3H3,(H,17,18)(H,19,20). The Bertz CT molecular complexity index is 473. The summed E-state index contributed by atoms with van der Waals surface area (Å²) >= 11 is 0. The highest BCUT2D eigenvalue weighted by Crippen LogP contribution is 2.35. The van der Waals surface area contributed by atoms with Crippen molar-refractivity contribution in [1.82, 2.24) is 15.3 Å². The van der Waals surface area contributed by atoms with Gasteiger partial charge in [0.25, 0.3) is 5.91 Å². The molecule has 1 aromatic heterocycles. The molecule has 1 aliphatic carbocycles. The van der Waals surface area contributed by atoms with Crippen LogP contribution in [0.15, 0.2) is 12.4 Å². The minimum Gasteiger partial charge on any atom is -0.369 e. The van der Waals surface area contributed by atoms with Gasteiger partial charge in [0.15, 0.2) is 0 Å². The molecular formula is C15H24N4O. The van der Waals surface area contributed by atoms with Gasteiger partial charge in [-0.2, -0.15) is 0 Å². The van der Waals surface area contributed by atoms with Crippen LogP contribution in [0.2, 0.25) is 0 Å². The van der Waals surface area contributed by atoms with Crippen molar-refractivity contribution < 1.29 is 4.79 Å². The molecule has 0 aromatic carbocycles. The average molecular weight is 276 g/mol. The molecule has 0 aliphatic heterocycles. The largest absolute Gasteiger partial charge is 0.369 e. The second kappa shape index (κ2) is 6.20. The lowest BCUT2D eigenvalue weighted by molar-refractivity contribution is 0.0848. The number of carbonyl (C=O) groups is 1. The molecule has 5 nitrogen and oxygen atoms in total. The fourth-order valence-corrected chi connectivity index (χ4v) is 2.74. The summed E-state index contributed by atoms with van der Waals surface area (Å²) in [6.45, 7) is 7.18. The number of hydrogen-bond acceptors (Lipinski definition) is 4. The number of nitrogens with zero attached hydrogens (tertiary/aromatic N) is 2. The first-order valence-electron chi connectivity index (χ1n) is 7.39. The monoisotopic (exact) mass is 276 g/mol. The third-order valence-electron chi connectivity index (χ3n) is 4.04. The van der Waals surface area contributed by atoms with Gasteiger partial charge >= 0.3 is 0 Å². The molecular weight excluding hydrogens is 252 g/mol. The Kier molecular flexibility index (Phi) is 4.57. The zero-order chi connectivity index (χ0) is 14.6. The Morgan fingerprint density at radius 1 is 1.40 bits per heavy atom. The lowest BCUT2D eigenvalue weighted by atomic mass is 9.73. The molecule has 0 bridgehead atoms.